The van der Waals surface area contributed by atoms with E-state index in [2.05, 4.69) is 11.6 Å². The fraction of sp³-hybridized carbons (Fsp3) is 0.385. The summed E-state index contributed by atoms with van der Waals surface area (Å²) in [6.07, 6.45) is 4.22. The topological polar surface area (TPSA) is 42.4 Å². The van der Waals surface area contributed by atoms with E-state index < -0.39 is 11.7 Å². The molecule has 0 bridgehead atoms. The van der Waals surface area contributed by atoms with Gasteiger partial charge in [0.15, 0.2) is 0 Å². The predicted octanol–water partition coefficient (Wildman–Crippen LogP) is 3.66. The second-order valence-corrected chi connectivity index (χ2v) is 5.11. The summed E-state index contributed by atoms with van der Waals surface area (Å²) < 4.78 is 5.31. The molecular weight excluding hydrogens is 252 g/mol. The molecule has 4 nitrogen and oxygen atoms in total. The van der Waals surface area contributed by atoms with Crippen LogP contribution in [0.25, 0.3) is 0 Å². The molecule has 0 radical (unpaired) electrons. The van der Waals surface area contributed by atoms with Crippen LogP contribution in [0, 0.1) is 0 Å². The summed E-state index contributed by atoms with van der Waals surface area (Å²) in [5.41, 5.74) is -0.0566. The van der Waals surface area contributed by atoms with E-state index in [1.807, 2.05) is 20.8 Å². The molecule has 98 valence electrons. The predicted molar refractivity (Wildman–Crippen MR) is 73.0 cm³/mol. The Kier molecular flexibility index (Phi) is 4.73. The van der Waals surface area contributed by atoms with E-state index in [1.165, 1.54) is 11.1 Å². The maximum Gasteiger partial charge on any atom is 0.415 e. The molecule has 0 saturated carbocycles. The maximum atomic E-state index is 12.1. The van der Waals surface area contributed by atoms with E-state index in [0.717, 1.165) is 0 Å². The lowest BCUT2D eigenvalue weighted by Crippen LogP contribution is -2.37. The fourth-order valence-electron chi connectivity index (χ4n) is 1.29. The first-order valence-electron chi connectivity index (χ1n) is 5.56. The standard InChI is InChI=1S/C13H17ClN2O2/c1-5-8-16(12(17)18-13(2,3)4)11-9-15-7-6-10(11)14/h5-7,9H,1,8H2,2-4H3. The molecule has 5 heteroatoms. The van der Waals surface area contributed by atoms with Gasteiger partial charge in [0.2, 0.25) is 0 Å². The van der Waals surface area contributed by atoms with Crippen LogP contribution in [0.15, 0.2) is 31.1 Å². The number of anilines is 1. The van der Waals surface area contributed by atoms with Gasteiger partial charge in [-0.3, -0.25) is 9.88 Å². The largest absolute Gasteiger partial charge is 0.443 e. The third-order valence-corrected chi connectivity index (χ3v) is 2.28. The fourth-order valence-corrected chi connectivity index (χ4v) is 1.49. The molecule has 0 fully saturated rings. The van der Waals surface area contributed by atoms with Crippen molar-refractivity contribution in [2.24, 2.45) is 0 Å². The number of hydrogen-bond acceptors (Lipinski definition) is 3. The second kappa shape index (κ2) is 5.87. The van der Waals surface area contributed by atoms with Crippen molar-refractivity contribution >= 4 is 23.4 Å². The molecule has 1 rings (SSSR count). The van der Waals surface area contributed by atoms with E-state index in [9.17, 15) is 4.79 Å². The van der Waals surface area contributed by atoms with Crippen molar-refractivity contribution in [3.8, 4) is 0 Å². The van der Waals surface area contributed by atoms with Gasteiger partial charge in [-0.05, 0) is 26.8 Å². The molecule has 1 amide bonds. The molecule has 0 unspecified atom stereocenters. The van der Waals surface area contributed by atoms with Crippen LogP contribution in [0.3, 0.4) is 0 Å². The number of hydrogen-bond donors (Lipinski definition) is 0. The van der Waals surface area contributed by atoms with Crippen LogP contribution >= 0.6 is 11.6 Å². The van der Waals surface area contributed by atoms with Gasteiger partial charge in [-0.15, -0.1) is 6.58 Å². The number of nitrogens with zero attached hydrogens (tertiary/aromatic N) is 2. The average molecular weight is 269 g/mol. The SMILES string of the molecule is C=CCN(C(=O)OC(C)(C)C)c1cnccc1Cl. The van der Waals surface area contributed by atoms with Crippen molar-refractivity contribution in [1.29, 1.82) is 0 Å². The Morgan fingerprint density at radius 1 is 1.61 bits per heavy atom. The first-order chi connectivity index (χ1) is 8.35. The van der Waals surface area contributed by atoms with Crippen LogP contribution in [-0.2, 0) is 4.74 Å². The summed E-state index contributed by atoms with van der Waals surface area (Å²) in [7, 11) is 0. The summed E-state index contributed by atoms with van der Waals surface area (Å²) in [5.74, 6) is 0. The third kappa shape index (κ3) is 4.04. The Bertz CT molecular complexity index is 441. The van der Waals surface area contributed by atoms with Gasteiger partial charge in [-0.1, -0.05) is 17.7 Å². The molecule has 0 aromatic carbocycles. The Labute approximate surface area is 112 Å². The van der Waals surface area contributed by atoms with Crippen LogP contribution in [0.1, 0.15) is 20.8 Å². The number of ether oxygens (including phenoxy) is 1. The van der Waals surface area contributed by atoms with E-state index in [-0.39, 0.29) is 0 Å². The molecule has 0 spiro atoms. The molecule has 1 aromatic heterocycles. The zero-order chi connectivity index (χ0) is 13.8. The summed E-state index contributed by atoms with van der Waals surface area (Å²) in [4.78, 5) is 17.4. The number of amides is 1. The molecule has 0 saturated heterocycles. The van der Waals surface area contributed by atoms with E-state index in [1.54, 1.807) is 18.3 Å². The van der Waals surface area contributed by atoms with Crippen LogP contribution in [0.4, 0.5) is 10.5 Å². The Balaban J connectivity index is 3.00. The van der Waals surface area contributed by atoms with E-state index in [0.29, 0.717) is 17.3 Å². The lowest BCUT2D eigenvalue weighted by Gasteiger charge is -2.26. The Morgan fingerprint density at radius 2 is 2.28 bits per heavy atom. The minimum absolute atomic E-state index is 0.306. The first-order valence-corrected chi connectivity index (χ1v) is 5.94. The Hall–Kier alpha value is -1.55. The lowest BCUT2D eigenvalue weighted by atomic mass is 10.2. The van der Waals surface area contributed by atoms with Gasteiger partial charge in [-0.25, -0.2) is 4.79 Å². The molecule has 0 aliphatic rings. The zero-order valence-electron chi connectivity index (χ0n) is 10.8. The number of halogens is 1. The summed E-state index contributed by atoms with van der Waals surface area (Å²) >= 11 is 6.05. The molecule has 0 aliphatic carbocycles. The van der Waals surface area contributed by atoms with Gasteiger partial charge in [0, 0.05) is 12.7 Å². The minimum atomic E-state index is -0.564. The average Bonchev–Trinajstić information content (AvgIpc) is 2.24. The zero-order valence-corrected chi connectivity index (χ0v) is 11.6. The molecule has 0 aliphatic heterocycles. The Morgan fingerprint density at radius 3 is 2.78 bits per heavy atom. The number of carbonyl (C=O) groups is 1. The molecule has 18 heavy (non-hydrogen) atoms. The van der Waals surface area contributed by atoms with Gasteiger partial charge in [0.25, 0.3) is 0 Å². The smallest absolute Gasteiger partial charge is 0.415 e. The monoisotopic (exact) mass is 268 g/mol. The summed E-state index contributed by atoms with van der Waals surface area (Å²) in [5, 5.41) is 0.442. The van der Waals surface area contributed by atoms with Crippen molar-refractivity contribution in [2.75, 3.05) is 11.4 Å². The van der Waals surface area contributed by atoms with Gasteiger partial charge in [0.1, 0.15) is 5.60 Å². The number of pyridine rings is 1. The van der Waals surface area contributed by atoms with Gasteiger partial charge in [0.05, 0.1) is 16.9 Å². The number of rotatable bonds is 3. The van der Waals surface area contributed by atoms with Gasteiger partial charge >= 0.3 is 6.09 Å². The second-order valence-electron chi connectivity index (χ2n) is 4.71. The summed E-state index contributed by atoms with van der Waals surface area (Å²) in [6, 6.07) is 1.62. The highest BCUT2D eigenvalue weighted by atomic mass is 35.5. The maximum absolute atomic E-state index is 12.1. The van der Waals surface area contributed by atoms with Crippen molar-refractivity contribution in [3.05, 3.63) is 36.1 Å². The molecule has 0 N–H and O–H groups in total. The van der Waals surface area contributed by atoms with E-state index >= 15 is 0 Å². The lowest BCUT2D eigenvalue weighted by molar-refractivity contribution is 0.0584. The molecular formula is C13H17ClN2O2. The van der Waals surface area contributed by atoms with Crippen molar-refractivity contribution in [1.82, 2.24) is 4.98 Å². The van der Waals surface area contributed by atoms with Crippen molar-refractivity contribution in [2.45, 2.75) is 26.4 Å². The third-order valence-electron chi connectivity index (χ3n) is 1.96. The molecule has 0 atom stereocenters. The molecule has 1 aromatic rings. The van der Waals surface area contributed by atoms with Crippen LogP contribution in [0.5, 0.6) is 0 Å². The van der Waals surface area contributed by atoms with Crippen LogP contribution in [-0.4, -0.2) is 23.2 Å². The first kappa shape index (κ1) is 14.5. The van der Waals surface area contributed by atoms with Gasteiger partial charge in [-0.2, -0.15) is 0 Å². The minimum Gasteiger partial charge on any atom is -0.443 e. The molecule has 1 heterocycles. The highest BCUT2D eigenvalue weighted by Crippen LogP contribution is 2.25. The summed E-state index contributed by atoms with van der Waals surface area (Å²) in [6.45, 7) is 9.35. The van der Waals surface area contributed by atoms with Crippen molar-refractivity contribution < 1.29 is 9.53 Å². The van der Waals surface area contributed by atoms with E-state index in [4.69, 9.17) is 16.3 Å². The quantitative estimate of drug-likeness (QED) is 0.786. The van der Waals surface area contributed by atoms with Crippen LogP contribution < -0.4 is 4.90 Å². The number of carbonyl (C=O) groups excluding carboxylic acids is 1. The van der Waals surface area contributed by atoms with Crippen molar-refractivity contribution in [3.63, 3.8) is 0 Å². The van der Waals surface area contributed by atoms with Crippen LogP contribution in [0.2, 0.25) is 5.02 Å². The van der Waals surface area contributed by atoms with Gasteiger partial charge < -0.3 is 4.74 Å². The number of aromatic nitrogens is 1. The highest BCUT2D eigenvalue weighted by Gasteiger charge is 2.24. The normalized spacial score (nSPS) is 10.9. The highest BCUT2D eigenvalue weighted by molar-refractivity contribution is 6.33.